The summed E-state index contributed by atoms with van der Waals surface area (Å²) in [4.78, 5) is 22.3. The van der Waals surface area contributed by atoms with Gasteiger partial charge in [0.1, 0.15) is 0 Å². The first-order valence-corrected chi connectivity index (χ1v) is 9.77. The van der Waals surface area contributed by atoms with Crippen LogP contribution >= 0.6 is 0 Å². The van der Waals surface area contributed by atoms with E-state index < -0.39 is 0 Å². The topological polar surface area (TPSA) is 81.6 Å². The third kappa shape index (κ3) is 5.55. The number of aromatic nitrogens is 1. The first-order chi connectivity index (χ1) is 13.2. The molecule has 1 aromatic rings. The van der Waals surface area contributed by atoms with Crippen LogP contribution in [0.25, 0.3) is 0 Å². The number of anilines is 1. The van der Waals surface area contributed by atoms with E-state index in [0.29, 0.717) is 37.3 Å². The molecular formula is C19H29FN6O. The van der Waals surface area contributed by atoms with Gasteiger partial charge >= 0.3 is 0 Å². The Morgan fingerprint density at radius 3 is 2.85 bits per heavy atom. The molecule has 1 aliphatic carbocycles. The van der Waals surface area contributed by atoms with Crippen LogP contribution in [-0.2, 0) is 4.79 Å². The maximum atomic E-state index is 13.9. The van der Waals surface area contributed by atoms with E-state index in [1.807, 2.05) is 4.90 Å². The lowest BCUT2D eigenvalue weighted by Crippen LogP contribution is -2.45. The van der Waals surface area contributed by atoms with Gasteiger partial charge in [0.2, 0.25) is 5.91 Å². The van der Waals surface area contributed by atoms with Crippen LogP contribution in [0, 0.1) is 5.82 Å². The Morgan fingerprint density at radius 1 is 1.30 bits per heavy atom. The van der Waals surface area contributed by atoms with Gasteiger partial charge in [-0.1, -0.05) is 12.8 Å². The van der Waals surface area contributed by atoms with Crippen LogP contribution in [0.4, 0.5) is 10.2 Å². The molecule has 1 amide bonds. The van der Waals surface area contributed by atoms with Crippen LogP contribution in [0.2, 0.25) is 0 Å². The minimum absolute atomic E-state index is 0.0857. The van der Waals surface area contributed by atoms with E-state index in [1.165, 1.54) is 18.9 Å². The Hall–Kier alpha value is -2.38. The monoisotopic (exact) mass is 376 g/mol. The fourth-order valence-corrected chi connectivity index (χ4v) is 3.73. The summed E-state index contributed by atoms with van der Waals surface area (Å²) in [5.74, 6) is 0.849. The highest BCUT2D eigenvalue weighted by molar-refractivity contribution is 5.81. The van der Waals surface area contributed by atoms with Gasteiger partial charge in [0.05, 0.1) is 0 Å². The third-order valence-corrected chi connectivity index (χ3v) is 5.16. The van der Waals surface area contributed by atoms with Crippen molar-refractivity contribution in [3.05, 3.63) is 24.1 Å². The molecule has 8 heteroatoms. The van der Waals surface area contributed by atoms with Gasteiger partial charge in [-0.25, -0.2) is 9.37 Å². The van der Waals surface area contributed by atoms with Gasteiger partial charge in [0, 0.05) is 51.4 Å². The second-order valence-corrected chi connectivity index (χ2v) is 7.18. The normalized spacial score (nSPS) is 20.7. The Bertz CT molecular complexity index is 661. The second-order valence-electron chi connectivity index (χ2n) is 7.18. The number of guanidine groups is 1. The van der Waals surface area contributed by atoms with Gasteiger partial charge in [0.15, 0.2) is 17.6 Å². The number of pyridine rings is 1. The minimum atomic E-state index is -0.297. The average molecular weight is 376 g/mol. The first kappa shape index (κ1) is 19.4. The lowest BCUT2D eigenvalue weighted by molar-refractivity contribution is -0.121. The fraction of sp³-hybridized carbons (Fsp3) is 0.632. The number of nitrogens with zero attached hydrogens (tertiary/aromatic N) is 3. The van der Waals surface area contributed by atoms with E-state index in [4.69, 9.17) is 0 Å². The molecule has 2 heterocycles. The lowest BCUT2D eigenvalue weighted by Gasteiger charge is -2.20. The van der Waals surface area contributed by atoms with E-state index in [-0.39, 0.29) is 17.8 Å². The van der Waals surface area contributed by atoms with Crippen LogP contribution in [-0.4, -0.2) is 55.6 Å². The van der Waals surface area contributed by atoms with Gasteiger partial charge in [-0.15, -0.1) is 0 Å². The summed E-state index contributed by atoms with van der Waals surface area (Å²) in [5.41, 5.74) is 0. The van der Waals surface area contributed by atoms with Crippen LogP contribution in [0.1, 0.15) is 38.5 Å². The summed E-state index contributed by atoms with van der Waals surface area (Å²) in [6, 6.07) is 3.54. The van der Waals surface area contributed by atoms with Crippen molar-refractivity contribution >= 4 is 17.7 Å². The summed E-state index contributed by atoms with van der Waals surface area (Å²) in [5, 5.41) is 9.62. The molecule has 3 rings (SSSR count). The SMILES string of the molecule is CN=C(NCCC(=O)NC1CCCC1)NC1CCN(c2ncccc2F)C1. The minimum Gasteiger partial charge on any atom is -0.356 e. The van der Waals surface area contributed by atoms with Crippen LogP contribution in [0.5, 0.6) is 0 Å². The van der Waals surface area contributed by atoms with Gasteiger partial charge in [-0.05, 0) is 31.4 Å². The number of carbonyl (C=O) groups excluding carboxylic acids is 1. The van der Waals surface area contributed by atoms with E-state index in [1.54, 1.807) is 19.3 Å². The number of aliphatic imine (C=N–C) groups is 1. The summed E-state index contributed by atoms with van der Waals surface area (Å²) < 4.78 is 13.9. The maximum Gasteiger partial charge on any atom is 0.221 e. The number of hydrogen-bond donors (Lipinski definition) is 3. The fourth-order valence-electron chi connectivity index (χ4n) is 3.73. The molecule has 1 aromatic heterocycles. The standard InChI is InChI=1S/C19H29FN6O/c1-21-19(23-11-8-17(27)24-14-5-2-3-6-14)25-15-9-12-26(13-15)18-16(20)7-4-10-22-18/h4,7,10,14-15H,2-3,5-6,8-9,11-13H2,1H3,(H,24,27)(H2,21,23,25). The number of hydrogen-bond acceptors (Lipinski definition) is 4. The summed E-state index contributed by atoms with van der Waals surface area (Å²) >= 11 is 0. The number of amides is 1. The zero-order chi connectivity index (χ0) is 19.1. The Morgan fingerprint density at radius 2 is 2.11 bits per heavy atom. The maximum absolute atomic E-state index is 13.9. The average Bonchev–Trinajstić information content (AvgIpc) is 3.33. The second kappa shape index (κ2) is 9.53. The highest BCUT2D eigenvalue weighted by Crippen LogP contribution is 2.20. The molecule has 1 atom stereocenters. The number of halogens is 1. The Labute approximate surface area is 159 Å². The Balaban J connectivity index is 1.39. The largest absolute Gasteiger partial charge is 0.356 e. The number of rotatable bonds is 6. The molecule has 148 valence electrons. The summed E-state index contributed by atoms with van der Waals surface area (Å²) in [6.45, 7) is 1.94. The van der Waals surface area contributed by atoms with Crippen molar-refractivity contribution in [3.63, 3.8) is 0 Å². The molecule has 27 heavy (non-hydrogen) atoms. The zero-order valence-corrected chi connectivity index (χ0v) is 15.9. The van der Waals surface area contributed by atoms with Crippen LogP contribution in [0.15, 0.2) is 23.3 Å². The Kier molecular flexibility index (Phi) is 6.84. The summed E-state index contributed by atoms with van der Waals surface area (Å²) in [7, 11) is 1.71. The van der Waals surface area contributed by atoms with Crippen molar-refractivity contribution in [3.8, 4) is 0 Å². The quantitative estimate of drug-likeness (QED) is 0.517. The molecule has 0 bridgehead atoms. The van der Waals surface area contributed by atoms with E-state index in [2.05, 4.69) is 25.9 Å². The highest BCUT2D eigenvalue weighted by atomic mass is 19.1. The smallest absolute Gasteiger partial charge is 0.221 e. The first-order valence-electron chi connectivity index (χ1n) is 9.77. The van der Waals surface area contributed by atoms with Crippen molar-refractivity contribution in [2.45, 2.75) is 50.6 Å². The lowest BCUT2D eigenvalue weighted by atomic mass is 10.2. The van der Waals surface area contributed by atoms with E-state index in [0.717, 1.165) is 25.8 Å². The molecule has 1 unspecified atom stereocenters. The predicted molar refractivity (Wildman–Crippen MR) is 104 cm³/mol. The molecule has 0 spiro atoms. The van der Waals surface area contributed by atoms with E-state index in [9.17, 15) is 9.18 Å². The molecule has 2 fully saturated rings. The third-order valence-electron chi connectivity index (χ3n) is 5.16. The molecule has 1 saturated carbocycles. The molecule has 2 aliphatic rings. The number of carbonyl (C=O) groups is 1. The van der Waals surface area contributed by atoms with Crippen molar-refractivity contribution < 1.29 is 9.18 Å². The molecule has 1 aliphatic heterocycles. The zero-order valence-electron chi connectivity index (χ0n) is 15.9. The molecule has 3 N–H and O–H groups in total. The highest BCUT2D eigenvalue weighted by Gasteiger charge is 2.26. The van der Waals surface area contributed by atoms with Crippen molar-refractivity contribution in [2.75, 3.05) is 31.6 Å². The molecule has 1 saturated heterocycles. The van der Waals surface area contributed by atoms with Crippen LogP contribution < -0.4 is 20.9 Å². The van der Waals surface area contributed by atoms with Gasteiger partial charge < -0.3 is 20.9 Å². The van der Waals surface area contributed by atoms with Crippen molar-refractivity contribution in [2.24, 2.45) is 4.99 Å². The molecule has 0 radical (unpaired) electrons. The van der Waals surface area contributed by atoms with Crippen LogP contribution in [0.3, 0.4) is 0 Å². The number of nitrogens with one attached hydrogen (secondary N) is 3. The van der Waals surface area contributed by atoms with Crippen molar-refractivity contribution in [1.29, 1.82) is 0 Å². The van der Waals surface area contributed by atoms with E-state index >= 15 is 0 Å². The summed E-state index contributed by atoms with van der Waals surface area (Å²) in [6.07, 6.45) is 7.51. The molecular weight excluding hydrogens is 347 g/mol. The van der Waals surface area contributed by atoms with Gasteiger partial charge in [0.25, 0.3) is 0 Å². The van der Waals surface area contributed by atoms with Crippen molar-refractivity contribution in [1.82, 2.24) is 20.9 Å². The van der Waals surface area contributed by atoms with Gasteiger partial charge in [-0.3, -0.25) is 9.79 Å². The molecule has 0 aromatic carbocycles. The predicted octanol–water partition coefficient (Wildman–Crippen LogP) is 1.41. The molecule has 7 nitrogen and oxygen atoms in total. The van der Waals surface area contributed by atoms with Gasteiger partial charge in [-0.2, -0.15) is 0 Å².